The average Bonchev–Trinajstić information content (AvgIpc) is 3.16. The van der Waals surface area contributed by atoms with Crippen molar-refractivity contribution in [1.29, 1.82) is 0 Å². The number of nitrogens with zero attached hydrogens (tertiary/aromatic N) is 5. The molecule has 0 fully saturated rings. The van der Waals surface area contributed by atoms with Crippen molar-refractivity contribution in [2.24, 2.45) is 0 Å². The molecule has 7 nitrogen and oxygen atoms in total. The van der Waals surface area contributed by atoms with E-state index in [2.05, 4.69) is 49.4 Å². The van der Waals surface area contributed by atoms with E-state index in [9.17, 15) is 4.79 Å². The molecule has 0 aliphatic heterocycles. The van der Waals surface area contributed by atoms with Crippen LogP contribution in [0.3, 0.4) is 0 Å². The van der Waals surface area contributed by atoms with E-state index in [1.54, 1.807) is 21.9 Å². The zero-order valence-corrected chi connectivity index (χ0v) is 15.0. The van der Waals surface area contributed by atoms with Gasteiger partial charge in [0.25, 0.3) is 5.91 Å². The van der Waals surface area contributed by atoms with Gasteiger partial charge in [-0.3, -0.25) is 14.8 Å². The highest BCUT2D eigenvalue weighted by atomic mass is 79.9. The Balaban J connectivity index is 1.70. The molecule has 2 heterocycles. The fraction of sp³-hybridized carbons (Fsp3) is 0.250. The number of nitrogens with one attached hydrogen (secondary N) is 1. The molecule has 0 aliphatic carbocycles. The lowest BCUT2D eigenvalue weighted by Gasteiger charge is -2.04. The van der Waals surface area contributed by atoms with E-state index in [4.69, 9.17) is 0 Å². The van der Waals surface area contributed by atoms with Gasteiger partial charge in [0.2, 0.25) is 5.95 Å². The van der Waals surface area contributed by atoms with Crippen LogP contribution in [0.4, 0.5) is 5.95 Å². The summed E-state index contributed by atoms with van der Waals surface area (Å²) in [6, 6.07) is 8.09. The van der Waals surface area contributed by atoms with Crippen LogP contribution >= 0.6 is 15.9 Å². The summed E-state index contributed by atoms with van der Waals surface area (Å²) in [5.74, 6) is -0.0887. The highest BCUT2D eigenvalue weighted by Crippen LogP contribution is 2.16. The summed E-state index contributed by atoms with van der Waals surface area (Å²) < 4.78 is 4.02. The summed E-state index contributed by atoms with van der Waals surface area (Å²) in [5, 5.41) is 11.2. The summed E-state index contributed by atoms with van der Waals surface area (Å²) in [6.07, 6.45) is 3.36. The van der Waals surface area contributed by atoms with E-state index in [-0.39, 0.29) is 11.9 Å². The van der Waals surface area contributed by atoms with Gasteiger partial charge >= 0.3 is 0 Å². The molecular weight excluding hydrogens is 372 g/mol. The van der Waals surface area contributed by atoms with Crippen molar-refractivity contribution in [1.82, 2.24) is 24.5 Å². The Hall–Kier alpha value is -2.48. The van der Waals surface area contributed by atoms with Gasteiger partial charge in [-0.2, -0.15) is 5.10 Å². The number of aromatic nitrogens is 5. The van der Waals surface area contributed by atoms with Crippen LogP contribution in [0.1, 0.15) is 28.5 Å². The maximum absolute atomic E-state index is 12.3. The molecule has 0 atom stereocenters. The van der Waals surface area contributed by atoms with Crippen LogP contribution in [0.2, 0.25) is 0 Å². The number of carbonyl (C=O) groups is 1. The van der Waals surface area contributed by atoms with Gasteiger partial charge in [0.05, 0.1) is 11.0 Å². The Kier molecular flexibility index (Phi) is 4.75. The van der Waals surface area contributed by atoms with Gasteiger partial charge in [-0.1, -0.05) is 24.3 Å². The van der Waals surface area contributed by atoms with Crippen LogP contribution in [-0.2, 0) is 13.1 Å². The Bertz CT molecular complexity index is 869. The van der Waals surface area contributed by atoms with Crippen molar-refractivity contribution in [3.05, 3.63) is 58.1 Å². The van der Waals surface area contributed by atoms with Gasteiger partial charge in [0.1, 0.15) is 6.33 Å². The molecule has 2 aromatic heterocycles. The van der Waals surface area contributed by atoms with Gasteiger partial charge < -0.3 is 0 Å². The maximum atomic E-state index is 12.3. The van der Waals surface area contributed by atoms with Gasteiger partial charge in [0, 0.05) is 12.7 Å². The third-order valence-electron chi connectivity index (χ3n) is 3.61. The largest absolute Gasteiger partial charge is 0.288 e. The van der Waals surface area contributed by atoms with Crippen LogP contribution < -0.4 is 5.32 Å². The van der Waals surface area contributed by atoms with Crippen LogP contribution in [0.5, 0.6) is 0 Å². The predicted molar refractivity (Wildman–Crippen MR) is 93.9 cm³/mol. The van der Waals surface area contributed by atoms with E-state index < -0.39 is 0 Å². The lowest BCUT2D eigenvalue weighted by molar-refractivity contribution is 0.102. The van der Waals surface area contributed by atoms with E-state index in [0.29, 0.717) is 23.3 Å². The second kappa shape index (κ2) is 6.96. The second-order valence-corrected chi connectivity index (χ2v) is 6.18. The maximum Gasteiger partial charge on any atom is 0.279 e. The lowest BCUT2D eigenvalue weighted by Crippen LogP contribution is -2.15. The second-order valence-electron chi connectivity index (χ2n) is 5.33. The van der Waals surface area contributed by atoms with Crippen LogP contribution in [-0.4, -0.2) is 30.5 Å². The van der Waals surface area contributed by atoms with Crippen LogP contribution in [0, 0.1) is 6.92 Å². The molecule has 0 radical (unpaired) electrons. The summed E-state index contributed by atoms with van der Waals surface area (Å²) in [6.45, 7) is 5.30. The summed E-state index contributed by atoms with van der Waals surface area (Å²) in [4.78, 5) is 16.4. The van der Waals surface area contributed by atoms with E-state index in [1.165, 1.54) is 5.56 Å². The minimum Gasteiger partial charge on any atom is -0.288 e. The average molecular weight is 389 g/mol. The van der Waals surface area contributed by atoms with Crippen molar-refractivity contribution < 1.29 is 4.79 Å². The first kappa shape index (κ1) is 16.4. The SMILES string of the molecule is CCn1cc(Br)c(C(=O)Nc2ncn(Cc3ccccc3C)n2)n1. The minimum absolute atomic E-state index is 0.256. The van der Waals surface area contributed by atoms with Gasteiger partial charge in [0.15, 0.2) is 5.69 Å². The molecule has 0 unspecified atom stereocenters. The Morgan fingerprint density at radius 3 is 2.75 bits per heavy atom. The molecule has 1 aromatic carbocycles. The zero-order chi connectivity index (χ0) is 17.1. The molecule has 0 saturated heterocycles. The number of hydrogen-bond acceptors (Lipinski definition) is 4. The van der Waals surface area contributed by atoms with E-state index >= 15 is 0 Å². The highest BCUT2D eigenvalue weighted by molar-refractivity contribution is 9.10. The van der Waals surface area contributed by atoms with Crippen molar-refractivity contribution in [2.75, 3.05) is 5.32 Å². The normalized spacial score (nSPS) is 10.8. The summed E-state index contributed by atoms with van der Waals surface area (Å²) in [7, 11) is 0. The topological polar surface area (TPSA) is 77.6 Å². The third-order valence-corrected chi connectivity index (χ3v) is 4.19. The van der Waals surface area contributed by atoms with E-state index in [0.717, 1.165) is 5.56 Å². The molecule has 1 N–H and O–H groups in total. The highest BCUT2D eigenvalue weighted by Gasteiger charge is 2.16. The standard InChI is InChI=1S/C16H17BrN6O/c1-3-22-9-13(17)14(20-22)15(24)19-16-18-10-23(21-16)8-12-7-5-4-6-11(12)2/h4-7,9-10H,3,8H2,1-2H3,(H,19,21,24). The fourth-order valence-corrected chi connectivity index (χ4v) is 2.76. The number of halogens is 1. The number of anilines is 1. The zero-order valence-electron chi connectivity index (χ0n) is 13.4. The molecule has 8 heteroatoms. The molecule has 1 amide bonds. The van der Waals surface area contributed by atoms with Crippen molar-refractivity contribution in [2.45, 2.75) is 26.9 Å². The van der Waals surface area contributed by atoms with Crippen LogP contribution in [0.15, 0.2) is 41.3 Å². The number of carbonyl (C=O) groups excluding carboxylic acids is 1. The first-order valence-electron chi connectivity index (χ1n) is 7.55. The summed E-state index contributed by atoms with van der Waals surface area (Å²) >= 11 is 3.34. The first-order chi connectivity index (χ1) is 11.6. The van der Waals surface area contributed by atoms with Crippen molar-refractivity contribution in [3.63, 3.8) is 0 Å². The minimum atomic E-state index is -0.345. The van der Waals surface area contributed by atoms with Crippen molar-refractivity contribution in [3.8, 4) is 0 Å². The molecule has 0 spiro atoms. The van der Waals surface area contributed by atoms with Gasteiger partial charge in [-0.25, -0.2) is 9.67 Å². The number of rotatable bonds is 5. The molecule has 0 aliphatic rings. The monoisotopic (exact) mass is 388 g/mol. The molecule has 3 aromatic rings. The Morgan fingerprint density at radius 1 is 1.25 bits per heavy atom. The number of benzene rings is 1. The predicted octanol–water partition coefficient (Wildman–Crippen LogP) is 2.87. The fourth-order valence-electron chi connectivity index (χ4n) is 2.26. The molecule has 24 heavy (non-hydrogen) atoms. The Labute approximate surface area is 147 Å². The lowest BCUT2D eigenvalue weighted by atomic mass is 10.1. The van der Waals surface area contributed by atoms with Crippen LogP contribution in [0.25, 0.3) is 0 Å². The molecule has 3 rings (SSSR count). The molecular formula is C16H17BrN6O. The molecule has 0 bridgehead atoms. The third kappa shape index (κ3) is 3.53. The quantitative estimate of drug-likeness (QED) is 0.728. The van der Waals surface area contributed by atoms with Gasteiger partial charge in [-0.15, -0.1) is 5.10 Å². The first-order valence-corrected chi connectivity index (χ1v) is 8.34. The smallest absolute Gasteiger partial charge is 0.279 e. The summed E-state index contributed by atoms with van der Waals surface area (Å²) in [5.41, 5.74) is 2.66. The molecule has 124 valence electrons. The van der Waals surface area contributed by atoms with Crippen molar-refractivity contribution >= 4 is 27.8 Å². The van der Waals surface area contributed by atoms with Gasteiger partial charge in [-0.05, 0) is 40.9 Å². The van der Waals surface area contributed by atoms with E-state index in [1.807, 2.05) is 25.1 Å². The number of aryl methyl sites for hydroxylation is 2. The Morgan fingerprint density at radius 2 is 2.04 bits per heavy atom. The molecule has 0 saturated carbocycles. The number of hydrogen-bond donors (Lipinski definition) is 1. The number of amides is 1.